The monoisotopic (exact) mass is 211 g/mol. The molecular weight excluding hydrogens is 197 g/mol. The minimum Gasteiger partial charge on any atom is -0.497 e. The highest BCUT2D eigenvalue weighted by Crippen LogP contribution is 2.27. The molecule has 2 N–H and O–H groups in total. The number of hydrogen-bond acceptors (Lipinski definition) is 3. The zero-order valence-electron chi connectivity index (χ0n) is 8.79. The van der Waals surface area contributed by atoms with Crippen LogP contribution in [0.15, 0.2) is 18.2 Å². The summed E-state index contributed by atoms with van der Waals surface area (Å²) in [6, 6.07) is 3.08. The van der Waals surface area contributed by atoms with E-state index in [1.165, 1.54) is 20.3 Å². The molecule has 0 amide bonds. The van der Waals surface area contributed by atoms with E-state index in [1.807, 2.05) is 0 Å². The van der Waals surface area contributed by atoms with Crippen LogP contribution in [0.2, 0.25) is 0 Å². The zero-order valence-corrected chi connectivity index (χ0v) is 8.79. The van der Waals surface area contributed by atoms with Crippen molar-refractivity contribution in [1.82, 2.24) is 0 Å². The van der Waals surface area contributed by atoms with Gasteiger partial charge in [0.25, 0.3) is 0 Å². The minimum absolute atomic E-state index is 0.158. The summed E-state index contributed by atoms with van der Waals surface area (Å²) in [6.45, 7) is 0.360. The van der Waals surface area contributed by atoms with Crippen molar-refractivity contribution in [2.24, 2.45) is 5.73 Å². The van der Waals surface area contributed by atoms with Crippen LogP contribution in [0.5, 0.6) is 11.5 Å². The third-order valence-electron chi connectivity index (χ3n) is 1.93. The van der Waals surface area contributed by atoms with Crippen molar-refractivity contribution in [2.75, 3.05) is 20.8 Å². The molecule has 0 radical (unpaired) electrons. The van der Waals surface area contributed by atoms with Crippen molar-refractivity contribution in [3.63, 3.8) is 0 Å². The molecule has 0 saturated heterocycles. The third-order valence-corrected chi connectivity index (χ3v) is 1.93. The van der Waals surface area contributed by atoms with E-state index in [1.54, 1.807) is 18.2 Å². The summed E-state index contributed by atoms with van der Waals surface area (Å²) in [5, 5.41) is 0. The first-order chi connectivity index (χ1) is 7.22. The number of ether oxygens (including phenoxy) is 2. The van der Waals surface area contributed by atoms with Gasteiger partial charge in [-0.1, -0.05) is 12.2 Å². The number of benzene rings is 1. The zero-order chi connectivity index (χ0) is 11.3. The Balaban J connectivity index is 3.17. The molecule has 0 aromatic heterocycles. The van der Waals surface area contributed by atoms with E-state index in [2.05, 4.69) is 0 Å². The molecule has 0 heterocycles. The van der Waals surface area contributed by atoms with Gasteiger partial charge in [0.05, 0.1) is 14.2 Å². The topological polar surface area (TPSA) is 44.5 Å². The van der Waals surface area contributed by atoms with E-state index in [0.717, 1.165) is 0 Å². The Kier molecular flexibility index (Phi) is 4.12. The van der Waals surface area contributed by atoms with Gasteiger partial charge in [0.1, 0.15) is 5.75 Å². The number of methoxy groups -OCH3 is 2. The van der Waals surface area contributed by atoms with E-state index >= 15 is 0 Å². The second-order valence-corrected chi connectivity index (χ2v) is 2.87. The smallest absolute Gasteiger partial charge is 0.172 e. The van der Waals surface area contributed by atoms with Gasteiger partial charge in [-0.25, -0.2) is 4.39 Å². The highest BCUT2D eigenvalue weighted by Gasteiger charge is 2.09. The summed E-state index contributed by atoms with van der Waals surface area (Å²) in [4.78, 5) is 0. The standard InChI is InChI=1S/C11H14FNO2/c1-14-9-6-8(4-3-5-13)11(12)10(7-9)15-2/h3-4,6-7H,5,13H2,1-2H3/b4-3+. The highest BCUT2D eigenvalue weighted by molar-refractivity contribution is 5.56. The summed E-state index contributed by atoms with van der Waals surface area (Å²) < 4.78 is 23.5. The average Bonchev–Trinajstić information content (AvgIpc) is 2.27. The van der Waals surface area contributed by atoms with Gasteiger partial charge in [-0.3, -0.25) is 0 Å². The minimum atomic E-state index is -0.414. The fourth-order valence-corrected chi connectivity index (χ4v) is 1.18. The Morgan fingerprint density at radius 1 is 1.33 bits per heavy atom. The molecule has 3 nitrogen and oxygen atoms in total. The number of halogens is 1. The second kappa shape index (κ2) is 5.36. The van der Waals surface area contributed by atoms with Crippen LogP contribution in [-0.4, -0.2) is 20.8 Å². The predicted octanol–water partition coefficient (Wildman–Crippen LogP) is 1.81. The molecule has 0 aliphatic carbocycles. The van der Waals surface area contributed by atoms with Crippen LogP contribution in [0.1, 0.15) is 5.56 Å². The van der Waals surface area contributed by atoms with E-state index in [-0.39, 0.29) is 5.75 Å². The molecule has 1 rings (SSSR count). The molecule has 4 heteroatoms. The van der Waals surface area contributed by atoms with Crippen molar-refractivity contribution >= 4 is 6.08 Å². The maximum atomic E-state index is 13.6. The maximum absolute atomic E-state index is 13.6. The van der Waals surface area contributed by atoms with Crippen molar-refractivity contribution in [3.05, 3.63) is 29.6 Å². The molecule has 0 aliphatic heterocycles. The molecule has 0 saturated carbocycles. The summed E-state index contributed by atoms with van der Waals surface area (Å²) in [5.74, 6) is 0.291. The normalized spacial score (nSPS) is 10.7. The lowest BCUT2D eigenvalue weighted by Crippen LogP contribution is -1.95. The lowest BCUT2D eigenvalue weighted by atomic mass is 10.1. The van der Waals surface area contributed by atoms with E-state index in [4.69, 9.17) is 15.2 Å². The number of rotatable bonds is 4. The van der Waals surface area contributed by atoms with Gasteiger partial charge in [-0.05, 0) is 6.07 Å². The quantitative estimate of drug-likeness (QED) is 0.826. The second-order valence-electron chi connectivity index (χ2n) is 2.87. The van der Waals surface area contributed by atoms with Crippen LogP contribution in [0.3, 0.4) is 0 Å². The van der Waals surface area contributed by atoms with Crippen molar-refractivity contribution in [2.45, 2.75) is 0 Å². The summed E-state index contributed by atoms with van der Waals surface area (Å²) in [5.41, 5.74) is 5.70. The van der Waals surface area contributed by atoms with Gasteiger partial charge < -0.3 is 15.2 Å². The molecule has 0 atom stereocenters. The lowest BCUT2D eigenvalue weighted by Gasteiger charge is -2.07. The molecule has 0 fully saturated rings. The van der Waals surface area contributed by atoms with Gasteiger partial charge in [0.15, 0.2) is 11.6 Å². The average molecular weight is 211 g/mol. The van der Waals surface area contributed by atoms with Gasteiger partial charge in [-0.2, -0.15) is 0 Å². The third kappa shape index (κ3) is 2.70. The van der Waals surface area contributed by atoms with Crippen LogP contribution in [-0.2, 0) is 0 Å². The molecule has 1 aromatic rings. The first-order valence-corrected chi connectivity index (χ1v) is 4.51. The Morgan fingerprint density at radius 3 is 2.60 bits per heavy atom. The van der Waals surface area contributed by atoms with Crippen molar-refractivity contribution in [1.29, 1.82) is 0 Å². The summed E-state index contributed by atoms with van der Waals surface area (Å²) in [6.07, 6.45) is 3.26. The largest absolute Gasteiger partial charge is 0.497 e. The Morgan fingerprint density at radius 2 is 2.07 bits per heavy atom. The first-order valence-electron chi connectivity index (χ1n) is 4.51. The van der Waals surface area contributed by atoms with E-state index < -0.39 is 5.82 Å². The van der Waals surface area contributed by atoms with Crippen LogP contribution in [0.25, 0.3) is 6.08 Å². The van der Waals surface area contributed by atoms with Crippen LogP contribution in [0, 0.1) is 5.82 Å². The molecule has 1 aromatic carbocycles. The number of nitrogens with two attached hydrogens (primary N) is 1. The van der Waals surface area contributed by atoms with Crippen LogP contribution >= 0.6 is 0 Å². The lowest BCUT2D eigenvalue weighted by molar-refractivity contribution is 0.373. The molecule has 0 aliphatic rings. The molecular formula is C11H14FNO2. The molecule has 82 valence electrons. The Hall–Kier alpha value is -1.55. The van der Waals surface area contributed by atoms with Crippen LogP contribution in [0.4, 0.5) is 4.39 Å². The Bertz CT molecular complexity index is 364. The summed E-state index contributed by atoms with van der Waals surface area (Å²) in [7, 11) is 2.93. The van der Waals surface area contributed by atoms with E-state index in [9.17, 15) is 4.39 Å². The van der Waals surface area contributed by atoms with Gasteiger partial charge in [-0.15, -0.1) is 0 Å². The fraction of sp³-hybridized carbons (Fsp3) is 0.273. The molecule has 0 spiro atoms. The van der Waals surface area contributed by atoms with Crippen molar-refractivity contribution < 1.29 is 13.9 Å². The van der Waals surface area contributed by atoms with Gasteiger partial charge >= 0.3 is 0 Å². The van der Waals surface area contributed by atoms with E-state index in [0.29, 0.717) is 17.9 Å². The maximum Gasteiger partial charge on any atom is 0.172 e. The van der Waals surface area contributed by atoms with Gasteiger partial charge in [0.2, 0.25) is 0 Å². The molecule has 15 heavy (non-hydrogen) atoms. The molecule has 0 unspecified atom stereocenters. The Labute approximate surface area is 88.3 Å². The SMILES string of the molecule is COc1cc(/C=C/CN)c(F)c(OC)c1. The highest BCUT2D eigenvalue weighted by atomic mass is 19.1. The predicted molar refractivity (Wildman–Crippen MR) is 57.6 cm³/mol. The first kappa shape index (κ1) is 11.5. The van der Waals surface area contributed by atoms with Crippen molar-refractivity contribution in [3.8, 4) is 11.5 Å². The van der Waals surface area contributed by atoms with Gasteiger partial charge in [0, 0.05) is 18.2 Å². The van der Waals surface area contributed by atoms with Crippen LogP contribution < -0.4 is 15.2 Å². The fourth-order valence-electron chi connectivity index (χ4n) is 1.18. The number of hydrogen-bond donors (Lipinski definition) is 1. The molecule has 0 bridgehead atoms. The summed E-state index contributed by atoms with van der Waals surface area (Å²) >= 11 is 0.